The summed E-state index contributed by atoms with van der Waals surface area (Å²) in [6, 6.07) is 6.05. The molecule has 2 N–H and O–H groups in total. The molecule has 1 saturated heterocycles. The summed E-state index contributed by atoms with van der Waals surface area (Å²) >= 11 is 0. The molecule has 2 aliphatic rings. The van der Waals surface area contributed by atoms with Crippen LogP contribution in [0.5, 0.6) is 11.5 Å². The zero-order valence-corrected chi connectivity index (χ0v) is 20.2. The van der Waals surface area contributed by atoms with E-state index in [0.717, 1.165) is 42.6 Å². The van der Waals surface area contributed by atoms with Crippen molar-refractivity contribution in [3.05, 3.63) is 30.1 Å². The number of nitrogens with one attached hydrogen (secondary N) is 2. The summed E-state index contributed by atoms with van der Waals surface area (Å²) in [4.78, 5) is 11.6. The molecule has 0 bridgehead atoms. The third kappa shape index (κ3) is 7.22. The van der Waals surface area contributed by atoms with Crippen LogP contribution in [0, 0.1) is 12.8 Å². The van der Waals surface area contributed by atoms with E-state index >= 15 is 0 Å². The van der Waals surface area contributed by atoms with E-state index in [0.29, 0.717) is 23.9 Å². The SMILES string of the molecule is COc1cnc(Nc2cc(NCC3CCCCC3)cc(C)n2)cc1OCCCN1CCCC1. The fraction of sp³-hybridized carbons (Fsp3) is 0.615. The topological polar surface area (TPSA) is 71.5 Å². The number of pyridine rings is 2. The van der Waals surface area contributed by atoms with E-state index in [1.165, 1.54) is 58.0 Å². The lowest BCUT2D eigenvalue weighted by molar-refractivity contribution is 0.254. The number of ether oxygens (including phenoxy) is 2. The number of aromatic nitrogens is 2. The maximum absolute atomic E-state index is 6.05. The zero-order valence-electron chi connectivity index (χ0n) is 20.2. The molecule has 7 heteroatoms. The Labute approximate surface area is 198 Å². The standard InChI is InChI=1S/C26H39N5O2/c1-20-15-22(27-18-21-9-4-3-5-10-21)16-26(29-20)30-25-17-23(24(32-2)19-28-25)33-14-8-13-31-11-6-7-12-31/h15-17,19,21H,3-14,18H2,1-2H3,(H2,27,28,29,30). The Kier molecular flexibility index (Phi) is 8.64. The Morgan fingerprint density at radius 2 is 1.82 bits per heavy atom. The number of aryl methyl sites for hydroxylation is 1. The second-order valence-electron chi connectivity index (χ2n) is 9.36. The van der Waals surface area contributed by atoms with Gasteiger partial charge < -0.3 is 25.0 Å². The van der Waals surface area contributed by atoms with Gasteiger partial charge in [-0.1, -0.05) is 19.3 Å². The van der Waals surface area contributed by atoms with Crippen molar-refractivity contribution in [2.24, 2.45) is 5.92 Å². The maximum Gasteiger partial charge on any atom is 0.179 e. The molecule has 0 aromatic carbocycles. The minimum absolute atomic E-state index is 0.647. The molecular weight excluding hydrogens is 414 g/mol. The Hall–Kier alpha value is -2.54. The predicted molar refractivity (Wildman–Crippen MR) is 134 cm³/mol. The third-order valence-corrected chi connectivity index (χ3v) is 6.66. The van der Waals surface area contributed by atoms with Gasteiger partial charge in [-0.25, -0.2) is 9.97 Å². The average molecular weight is 454 g/mol. The van der Waals surface area contributed by atoms with Gasteiger partial charge in [0.15, 0.2) is 11.5 Å². The average Bonchev–Trinajstić information content (AvgIpc) is 3.35. The van der Waals surface area contributed by atoms with Crippen molar-refractivity contribution in [1.82, 2.24) is 14.9 Å². The van der Waals surface area contributed by atoms with Crippen molar-refractivity contribution in [3.8, 4) is 11.5 Å². The quantitative estimate of drug-likeness (QED) is 0.442. The van der Waals surface area contributed by atoms with Gasteiger partial charge >= 0.3 is 0 Å². The Bertz CT molecular complexity index is 879. The van der Waals surface area contributed by atoms with Crippen molar-refractivity contribution in [1.29, 1.82) is 0 Å². The number of likely N-dealkylation sites (tertiary alicyclic amines) is 1. The largest absolute Gasteiger partial charge is 0.491 e. The highest BCUT2D eigenvalue weighted by Gasteiger charge is 2.14. The predicted octanol–water partition coefficient (Wildman–Crippen LogP) is 5.39. The Balaban J connectivity index is 1.35. The van der Waals surface area contributed by atoms with Gasteiger partial charge in [-0.15, -0.1) is 0 Å². The molecule has 1 saturated carbocycles. The molecule has 2 aromatic rings. The van der Waals surface area contributed by atoms with Crippen molar-refractivity contribution in [2.45, 2.75) is 58.3 Å². The second-order valence-corrected chi connectivity index (χ2v) is 9.36. The molecule has 0 spiro atoms. The summed E-state index contributed by atoms with van der Waals surface area (Å²) in [7, 11) is 1.65. The molecule has 0 radical (unpaired) electrons. The maximum atomic E-state index is 6.05. The summed E-state index contributed by atoms with van der Waals surface area (Å²) < 4.78 is 11.5. The van der Waals surface area contributed by atoms with Crippen LogP contribution in [0.1, 0.15) is 57.1 Å². The van der Waals surface area contributed by atoms with Crippen LogP contribution in [0.15, 0.2) is 24.4 Å². The minimum Gasteiger partial charge on any atom is -0.491 e. The first-order valence-corrected chi connectivity index (χ1v) is 12.6. The highest BCUT2D eigenvalue weighted by molar-refractivity contribution is 5.61. The van der Waals surface area contributed by atoms with Crippen LogP contribution in [0.2, 0.25) is 0 Å². The molecular formula is C26H39N5O2. The van der Waals surface area contributed by atoms with Gasteiger partial charge in [-0.05, 0) is 64.1 Å². The molecule has 0 unspecified atom stereocenters. The molecule has 7 nitrogen and oxygen atoms in total. The second kappa shape index (κ2) is 12.1. The van der Waals surface area contributed by atoms with E-state index in [-0.39, 0.29) is 0 Å². The van der Waals surface area contributed by atoms with Crippen molar-refractivity contribution < 1.29 is 9.47 Å². The summed E-state index contributed by atoms with van der Waals surface area (Å²) in [6.45, 7) is 7.23. The first-order chi connectivity index (χ1) is 16.2. The minimum atomic E-state index is 0.647. The van der Waals surface area contributed by atoms with E-state index in [2.05, 4.69) is 37.6 Å². The zero-order chi connectivity index (χ0) is 22.9. The molecule has 2 aromatic heterocycles. The number of rotatable bonds is 11. The van der Waals surface area contributed by atoms with Gasteiger partial charge in [0.2, 0.25) is 0 Å². The van der Waals surface area contributed by atoms with Gasteiger partial charge in [0.25, 0.3) is 0 Å². The lowest BCUT2D eigenvalue weighted by atomic mass is 9.89. The van der Waals surface area contributed by atoms with Crippen molar-refractivity contribution >= 4 is 17.3 Å². The van der Waals surface area contributed by atoms with E-state index in [4.69, 9.17) is 9.47 Å². The molecule has 4 rings (SSSR count). The summed E-state index contributed by atoms with van der Waals surface area (Å²) in [5.41, 5.74) is 2.07. The fourth-order valence-electron chi connectivity index (χ4n) is 4.85. The normalized spacial score (nSPS) is 17.2. The lowest BCUT2D eigenvalue weighted by Gasteiger charge is -2.22. The van der Waals surface area contributed by atoms with Gasteiger partial charge in [0, 0.05) is 36.6 Å². The van der Waals surface area contributed by atoms with Crippen LogP contribution >= 0.6 is 0 Å². The molecule has 180 valence electrons. The van der Waals surface area contributed by atoms with E-state index in [1.807, 2.05) is 13.0 Å². The first-order valence-electron chi connectivity index (χ1n) is 12.6. The number of hydrogen-bond acceptors (Lipinski definition) is 7. The fourth-order valence-corrected chi connectivity index (χ4v) is 4.85. The summed E-state index contributed by atoms with van der Waals surface area (Å²) in [5.74, 6) is 3.60. The summed E-state index contributed by atoms with van der Waals surface area (Å²) in [5, 5.41) is 6.96. The van der Waals surface area contributed by atoms with Crippen LogP contribution in [0.25, 0.3) is 0 Å². The monoisotopic (exact) mass is 453 g/mol. The van der Waals surface area contributed by atoms with Crippen LogP contribution in [-0.4, -0.2) is 54.8 Å². The van der Waals surface area contributed by atoms with E-state index < -0.39 is 0 Å². The van der Waals surface area contributed by atoms with Crippen molar-refractivity contribution in [3.63, 3.8) is 0 Å². The van der Waals surface area contributed by atoms with Crippen LogP contribution in [0.4, 0.5) is 17.3 Å². The van der Waals surface area contributed by atoms with Crippen LogP contribution < -0.4 is 20.1 Å². The molecule has 3 heterocycles. The smallest absolute Gasteiger partial charge is 0.179 e. The Morgan fingerprint density at radius 3 is 2.61 bits per heavy atom. The highest BCUT2D eigenvalue weighted by atomic mass is 16.5. The van der Waals surface area contributed by atoms with Crippen LogP contribution in [0.3, 0.4) is 0 Å². The molecule has 1 aliphatic carbocycles. The molecule has 33 heavy (non-hydrogen) atoms. The number of nitrogens with zero attached hydrogens (tertiary/aromatic N) is 3. The van der Waals surface area contributed by atoms with Gasteiger partial charge in [-0.3, -0.25) is 0 Å². The molecule has 0 amide bonds. The van der Waals surface area contributed by atoms with Crippen molar-refractivity contribution in [2.75, 3.05) is 50.5 Å². The number of anilines is 3. The van der Waals surface area contributed by atoms with E-state index in [1.54, 1.807) is 13.3 Å². The Morgan fingerprint density at radius 1 is 1.00 bits per heavy atom. The first kappa shape index (κ1) is 23.6. The molecule has 0 atom stereocenters. The molecule has 1 aliphatic heterocycles. The van der Waals surface area contributed by atoms with Gasteiger partial charge in [0.1, 0.15) is 11.6 Å². The lowest BCUT2D eigenvalue weighted by Crippen LogP contribution is -2.22. The van der Waals surface area contributed by atoms with Gasteiger partial charge in [-0.2, -0.15) is 0 Å². The van der Waals surface area contributed by atoms with Gasteiger partial charge in [0.05, 0.1) is 19.9 Å². The van der Waals surface area contributed by atoms with E-state index in [9.17, 15) is 0 Å². The third-order valence-electron chi connectivity index (χ3n) is 6.66. The number of methoxy groups -OCH3 is 1. The number of hydrogen-bond donors (Lipinski definition) is 2. The van der Waals surface area contributed by atoms with Crippen LogP contribution in [-0.2, 0) is 0 Å². The summed E-state index contributed by atoms with van der Waals surface area (Å²) in [6.07, 6.45) is 12.1. The highest BCUT2D eigenvalue weighted by Crippen LogP contribution is 2.30. The molecule has 2 fully saturated rings.